The lowest BCUT2D eigenvalue weighted by atomic mass is 9.76. The third kappa shape index (κ3) is 2.36. The number of halogens is 1. The molecule has 1 aliphatic carbocycles. The van der Waals surface area contributed by atoms with Crippen LogP contribution in [0.25, 0.3) is 5.69 Å². The van der Waals surface area contributed by atoms with Crippen LogP contribution in [0, 0.1) is 16.7 Å². The molecule has 0 saturated heterocycles. The molecule has 0 bridgehead atoms. The Bertz CT molecular complexity index is 781. The number of fused-ring (bicyclic) bond motifs is 1. The fourth-order valence-corrected chi connectivity index (χ4v) is 3.21. The van der Waals surface area contributed by atoms with Crippen molar-refractivity contribution < 1.29 is 4.79 Å². The first-order valence-corrected chi connectivity index (χ1v) is 7.22. The Morgan fingerprint density at radius 1 is 1.29 bits per heavy atom. The molecular formula is C17H15ClN2O. The van der Waals surface area contributed by atoms with Crippen LogP contribution in [0.3, 0.4) is 0 Å². The van der Waals surface area contributed by atoms with Crippen molar-refractivity contribution in [1.82, 2.24) is 4.57 Å². The normalized spacial score (nSPS) is 16.4. The van der Waals surface area contributed by atoms with E-state index in [-0.39, 0.29) is 11.2 Å². The summed E-state index contributed by atoms with van der Waals surface area (Å²) in [5, 5.41) is 9.44. The number of carbonyl (C=O) groups is 1. The number of hydrogen-bond acceptors (Lipinski definition) is 2. The highest BCUT2D eigenvalue weighted by molar-refractivity contribution is 6.32. The van der Waals surface area contributed by atoms with Crippen molar-refractivity contribution in [2.75, 3.05) is 0 Å². The second-order valence-corrected chi connectivity index (χ2v) is 6.67. The number of aromatic nitrogens is 1. The van der Waals surface area contributed by atoms with Crippen molar-refractivity contribution in [1.29, 1.82) is 5.26 Å². The smallest absolute Gasteiger partial charge is 0.165 e. The largest absolute Gasteiger partial charge is 0.319 e. The molecule has 0 atom stereocenters. The first-order valence-electron chi connectivity index (χ1n) is 6.85. The number of rotatable bonds is 1. The molecule has 0 fully saturated rings. The molecule has 1 aromatic carbocycles. The quantitative estimate of drug-likeness (QED) is 0.793. The van der Waals surface area contributed by atoms with Crippen molar-refractivity contribution >= 4 is 17.4 Å². The fraction of sp³-hybridized carbons (Fsp3) is 0.294. The Kier molecular flexibility index (Phi) is 3.15. The van der Waals surface area contributed by atoms with Gasteiger partial charge in [-0.15, -0.1) is 0 Å². The zero-order valence-corrected chi connectivity index (χ0v) is 12.7. The monoisotopic (exact) mass is 298 g/mol. The average molecular weight is 299 g/mol. The summed E-state index contributed by atoms with van der Waals surface area (Å²) in [4.78, 5) is 12.2. The number of nitriles is 1. The first kappa shape index (κ1) is 13.9. The predicted molar refractivity (Wildman–Crippen MR) is 81.9 cm³/mol. The van der Waals surface area contributed by atoms with Crippen molar-refractivity contribution in [3.8, 4) is 11.8 Å². The molecule has 3 rings (SSSR count). The molecule has 106 valence electrons. The van der Waals surface area contributed by atoms with Gasteiger partial charge in [-0.1, -0.05) is 25.4 Å². The predicted octanol–water partition coefficient (Wildman–Crippen LogP) is 4.16. The average Bonchev–Trinajstić information content (AvgIpc) is 2.81. The molecule has 1 heterocycles. The summed E-state index contributed by atoms with van der Waals surface area (Å²) in [6.07, 6.45) is 3.29. The molecular weight excluding hydrogens is 284 g/mol. The number of benzene rings is 1. The van der Waals surface area contributed by atoms with Crippen molar-refractivity contribution in [2.24, 2.45) is 5.41 Å². The minimum Gasteiger partial charge on any atom is -0.319 e. The van der Waals surface area contributed by atoms with Gasteiger partial charge in [0.15, 0.2) is 5.78 Å². The van der Waals surface area contributed by atoms with Gasteiger partial charge in [0.25, 0.3) is 0 Å². The van der Waals surface area contributed by atoms with E-state index in [1.54, 1.807) is 12.1 Å². The lowest BCUT2D eigenvalue weighted by Gasteiger charge is -2.29. The van der Waals surface area contributed by atoms with Crippen LogP contribution in [0.4, 0.5) is 0 Å². The molecule has 4 heteroatoms. The number of carbonyl (C=O) groups excluding carboxylic acids is 1. The van der Waals surface area contributed by atoms with E-state index >= 15 is 0 Å². The van der Waals surface area contributed by atoms with Gasteiger partial charge in [0.1, 0.15) is 0 Å². The van der Waals surface area contributed by atoms with Gasteiger partial charge in [0.2, 0.25) is 0 Å². The van der Waals surface area contributed by atoms with E-state index in [9.17, 15) is 4.79 Å². The zero-order valence-electron chi connectivity index (χ0n) is 12.0. The highest BCUT2D eigenvalue weighted by Gasteiger charge is 2.33. The number of nitrogens with zero attached hydrogens (tertiary/aromatic N) is 2. The lowest BCUT2D eigenvalue weighted by molar-refractivity contribution is 0.0911. The van der Waals surface area contributed by atoms with Gasteiger partial charge in [-0.2, -0.15) is 5.26 Å². The molecule has 0 aliphatic heterocycles. The number of hydrogen-bond donors (Lipinski definition) is 0. The van der Waals surface area contributed by atoms with E-state index in [0.717, 1.165) is 23.4 Å². The second kappa shape index (κ2) is 4.75. The Balaban J connectivity index is 2.14. The van der Waals surface area contributed by atoms with Crippen LogP contribution < -0.4 is 0 Å². The fourth-order valence-electron chi connectivity index (χ4n) is 2.94. The highest BCUT2D eigenvalue weighted by atomic mass is 35.5. The number of ketones is 1. The molecule has 3 nitrogen and oxygen atoms in total. The van der Waals surface area contributed by atoms with Gasteiger partial charge in [-0.3, -0.25) is 4.79 Å². The van der Waals surface area contributed by atoms with Crippen LogP contribution in [-0.2, 0) is 6.42 Å². The molecule has 21 heavy (non-hydrogen) atoms. The van der Waals surface area contributed by atoms with Crippen molar-refractivity contribution in [3.63, 3.8) is 0 Å². The Morgan fingerprint density at radius 3 is 2.71 bits per heavy atom. The van der Waals surface area contributed by atoms with Crippen LogP contribution in [0.5, 0.6) is 0 Å². The summed E-state index contributed by atoms with van der Waals surface area (Å²) in [5.74, 6) is 0.185. The van der Waals surface area contributed by atoms with Crippen molar-refractivity contribution in [3.05, 3.63) is 52.3 Å². The minimum atomic E-state index is -0.0424. The first-order chi connectivity index (χ1) is 9.91. The van der Waals surface area contributed by atoms with Crippen LogP contribution in [0.2, 0.25) is 5.02 Å². The minimum absolute atomic E-state index is 0.0424. The third-order valence-electron chi connectivity index (χ3n) is 3.91. The van der Waals surface area contributed by atoms with Crippen LogP contribution in [0.1, 0.15) is 41.9 Å². The molecule has 1 aromatic heterocycles. The topological polar surface area (TPSA) is 45.8 Å². The molecule has 0 saturated carbocycles. The standard InChI is InChI=1S/C17H15ClN2O/c1-17(2)8-15-12(16(21)9-17)5-6-20(15)14-4-3-11(10-19)7-13(14)18/h3-7H,8-9H2,1-2H3. The van der Waals surface area contributed by atoms with Crippen molar-refractivity contribution in [2.45, 2.75) is 26.7 Å². The zero-order chi connectivity index (χ0) is 15.2. The molecule has 0 radical (unpaired) electrons. The van der Waals surface area contributed by atoms with Gasteiger partial charge in [0.05, 0.1) is 22.3 Å². The van der Waals surface area contributed by atoms with E-state index in [1.165, 1.54) is 0 Å². The maximum atomic E-state index is 12.2. The van der Waals surface area contributed by atoms with E-state index in [4.69, 9.17) is 16.9 Å². The van der Waals surface area contributed by atoms with E-state index in [0.29, 0.717) is 17.0 Å². The van der Waals surface area contributed by atoms with Gasteiger partial charge >= 0.3 is 0 Å². The molecule has 1 aliphatic rings. The van der Waals surface area contributed by atoms with Crippen LogP contribution in [-0.4, -0.2) is 10.4 Å². The molecule has 0 unspecified atom stereocenters. The van der Waals surface area contributed by atoms with Crippen LogP contribution in [0.15, 0.2) is 30.5 Å². The van der Waals surface area contributed by atoms with Gasteiger partial charge < -0.3 is 4.57 Å². The summed E-state index contributed by atoms with van der Waals surface area (Å²) in [5.41, 5.74) is 3.08. The summed E-state index contributed by atoms with van der Waals surface area (Å²) >= 11 is 6.29. The van der Waals surface area contributed by atoms with Crippen LogP contribution >= 0.6 is 11.6 Å². The van der Waals surface area contributed by atoms with E-state index in [1.807, 2.05) is 22.9 Å². The number of Topliss-reactive ketones (excluding diaryl/α,β-unsaturated/α-hetero) is 1. The second-order valence-electron chi connectivity index (χ2n) is 6.27. The van der Waals surface area contributed by atoms with E-state index in [2.05, 4.69) is 19.9 Å². The summed E-state index contributed by atoms with van der Waals surface area (Å²) in [6, 6.07) is 9.16. The summed E-state index contributed by atoms with van der Waals surface area (Å²) in [6.45, 7) is 4.21. The Morgan fingerprint density at radius 2 is 2.05 bits per heavy atom. The SMILES string of the molecule is CC1(C)CC(=O)c2ccn(-c3ccc(C#N)cc3Cl)c2C1. The summed E-state index contributed by atoms with van der Waals surface area (Å²) < 4.78 is 1.97. The maximum absolute atomic E-state index is 12.2. The Hall–Kier alpha value is -2.05. The lowest BCUT2D eigenvalue weighted by Crippen LogP contribution is -2.27. The van der Waals surface area contributed by atoms with Gasteiger partial charge in [-0.25, -0.2) is 0 Å². The molecule has 2 aromatic rings. The third-order valence-corrected chi connectivity index (χ3v) is 4.22. The molecule has 0 amide bonds. The Labute approximate surface area is 128 Å². The highest BCUT2D eigenvalue weighted by Crippen LogP contribution is 2.37. The summed E-state index contributed by atoms with van der Waals surface area (Å²) in [7, 11) is 0. The molecule has 0 spiro atoms. The van der Waals surface area contributed by atoms with Gasteiger partial charge in [-0.05, 0) is 36.1 Å². The molecule has 0 N–H and O–H groups in total. The van der Waals surface area contributed by atoms with Gasteiger partial charge in [0, 0.05) is 23.9 Å². The van der Waals surface area contributed by atoms with E-state index < -0.39 is 0 Å². The maximum Gasteiger partial charge on any atom is 0.165 e.